The number of phenols is 1. The van der Waals surface area contributed by atoms with E-state index in [0.717, 1.165) is 36.3 Å². The molecule has 7 rings (SSSR count). The Kier molecular flexibility index (Phi) is 4.55. The van der Waals surface area contributed by atoms with E-state index in [1.165, 1.54) is 24.8 Å². The van der Waals surface area contributed by atoms with Gasteiger partial charge in [0, 0.05) is 24.3 Å². The van der Waals surface area contributed by atoms with Gasteiger partial charge in [-0.25, -0.2) is 0 Å². The fourth-order valence-corrected chi connectivity index (χ4v) is 8.23. The van der Waals surface area contributed by atoms with Gasteiger partial charge < -0.3 is 24.3 Å². The van der Waals surface area contributed by atoms with E-state index >= 15 is 0 Å². The molecular weight excluding hydrogens is 442 g/mol. The molecule has 1 aromatic carbocycles. The van der Waals surface area contributed by atoms with Crippen LogP contribution in [0, 0.1) is 17.8 Å². The minimum absolute atomic E-state index is 0.100. The topological polar surface area (TPSA) is 83.1 Å². The Balaban J connectivity index is 1.28. The molecule has 1 aliphatic heterocycles. The van der Waals surface area contributed by atoms with Crippen LogP contribution in [0.5, 0.6) is 11.5 Å². The van der Waals surface area contributed by atoms with Crippen molar-refractivity contribution in [1.29, 1.82) is 0 Å². The first-order valence-corrected chi connectivity index (χ1v) is 13.1. The van der Waals surface area contributed by atoms with Crippen molar-refractivity contribution in [2.24, 2.45) is 17.8 Å². The van der Waals surface area contributed by atoms with E-state index in [0.29, 0.717) is 24.5 Å². The number of rotatable bonds is 5. The summed E-state index contributed by atoms with van der Waals surface area (Å²) >= 11 is 0. The molecule has 2 N–H and O–H groups in total. The third-order valence-electron chi connectivity index (χ3n) is 10.0. The number of hydrogen-bond acceptors (Lipinski definition) is 5. The zero-order chi connectivity index (χ0) is 23.9. The molecule has 2 bridgehead atoms. The molecular formula is C29H33NO5. The molecule has 6 heteroatoms. The van der Waals surface area contributed by atoms with Gasteiger partial charge in [-0.05, 0) is 80.1 Å². The van der Waals surface area contributed by atoms with Gasteiger partial charge in [0.25, 0.3) is 0 Å². The molecule has 6 atom stereocenters. The Morgan fingerprint density at radius 1 is 1.20 bits per heavy atom. The van der Waals surface area contributed by atoms with Gasteiger partial charge in [-0.2, -0.15) is 0 Å². The first-order chi connectivity index (χ1) is 16.9. The van der Waals surface area contributed by atoms with Crippen molar-refractivity contribution in [2.75, 3.05) is 7.05 Å². The van der Waals surface area contributed by atoms with Crippen LogP contribution in [0.1, 0.15) is 61.6 Å². The number of ether oxygens (including phenoxy) is 1. The van der Waals surface area contributed by atoms with Crippen LogP contribution >= 0.6 is 0 Å². The quantitative estimate of drug-likeness (QED) is 0.625. The third-order valence-corrected chi connectivity index (χ3v) is 10.0. The number of amides is 1. The lowest BCUT2D eigenvalue weighted by molar-refractivity contribution is -0.201. The summed E-state index contributed by atoms with van der Waals surface area (Å²) < 4.78 is 11.7. The van der Waals surface area contributed by atoms with Gasteiger partial charge >= 0.3 is 0 Å². The van der Waals surface area contributed by atoms with Crippen LogP contribution in [0.4, 0.5) is 0 Å². The second-order valence-corrected chi connectivity index (χ2v) is 11.6. The molecule has 0 saturated heterocycles. The molecule has 1 amide bonds. The number of furan rings is 1. The Bertz CT molecular complexity index is 1200. The van der Waals surface area contributed by atoms with Crippen molar-refractivity contribution >= 4 is 12.0 Å². The second kappa shape index (κ2) is 7.39. The standard InChI is InChI=1S/C29H33NO5/c1-30(24(32)7-4-18-10-13-34-16-18)22-9-12-29(33)21-15-20-5-6-23(31)26-25(20)28(29,27(22)35-26)11-8-19(21)14-17-2-3-17/h4-7,10,13,16-17,19,21-22,27,31,33H,2-3,8-9,11-12,14-15H2,1H3/b7-4+/t19?,21-,22+,27-,28-,29+/m0/s1. The molecule has 35 heavy (non-hydrogen) atoms. The normalized spacial score (nSPS) is 36.6. The maximum atomic E-state index is 13.2. The minimum atomic E-state index is -0.867. The van der Waals surface area contributed by atoms with Crippen LogP contribution in [0.3, 0.4) is 0 Å². The summed E-state index contributed by atoms with van der Waals surface area (Å²) in [5, 5.41) is 23.4. The molecule has 4 aliphatic carbocycles. The van der Waals surface area contributed by atoms with Gasteiger partial charge in [-0.15, -0.1) is 0 Å². The van der Waals surface area contributed by atoms with Gasteiger partial charge in [0.1, 0.15) is 6.10 Å². The smallest absolute Gasteiger partial charge is 0.246 e. The monoisotopic (exact) mass is 475 g/mol. The largest absolute Gasteiger partial charge is 0.504 e. The highest BCUT2D eigenvalue weighted by molar-refractivity contribution is 5.91. The van der Waals surface area contributed by atoms with Gasteiger partial charge in [0.05, 0.1) is 29.6 Å². The van der Waals surface area contributed by atoms with E-state index in [9.17, 15) is 15.0 Å². The number of hydrogen-bond donors (Lipinski definition) is 2. The summed E-state index contributed by atoms with van der Waals surface area (Å²) in [4.78, 5) is 15.0. The lowest BCUT2D eigenvalue weighted by Crippen LogP contribution is -2.73. The lowest BCUT2D eigenvalue weighted by atomic mass is 9.43. The average Bonchev–Trinajstić information content (AvgIpc) is 3.36. The summed E-state index contributed by atoms with van der Waals surface area (Å²) in [5.74, 6) is 2.13. The van der Waals surface area contributed by atoms with Crippen molar-refractivity contribution in [1.82, 2.24) is 4.90 Å². The van der Waals surface area contributed by atoms with Crippen LogP contribution in [-0.2, 0) is 16.6 Å². The maximum absolute atomic E-state index is 13.2. The Morgan fingerprint density at radius 3 is 2.83 bits per heavy atom. The summed E-state index contributed by atoms with van der Waals surface area (Å²) in [5.41, 5.74) is 1.63. The molecule has 6 nitrogen and oxygen atoms in total. The first kappa shape index (κ1) is 21.5. The summed E-state index contributed by atoms with van der Waals surface area (Å²) in [6.07, 6.45) is 14.1. The molecule has 1 spiro atoms. The van der Waals surface area contributed by atoms with Crippen LogP contribution < -0.4 is 4.74 Å². The molecule has 3 saturated carbocycles. The van der Waals surface area contributed by atoms with Gasteiger partial charge in [0.15, 0.2) is 11.5 Å². The Labute approximate surface area is 205 Å². The Hall–Kier alpha value is -2.73. The van der Waals surface area contributed by atoms with E-state index in [-0.39, 0.29) is 29.7 Å². The fraction of sp³-hybridized carbons (Fsp3) is 0.552. The average molecular weight is 476 g/mol. The first-order valence-electron chi connectivity index (χ1n) is 13.1. The second-order valence-electron chi connectivity index (χ2n) is 11.6. The fourth-order valence-electron chi connectivity index (χ4n) is 8.23. The van der Waals surface area contributed by atoms with E-state index in [4.69, 9.17) is 9.15 Å². The number of carbonyl (C=O) groups excluding carboxylic acids is 1. The zero-order valence-corrected chi connectivity index (χ0v) is 20.2. The predicted octanol–water partition coefficient (Wildman–Crippen LogP) is 4.43. The lowest BCUT2D eigenvalue weighted by Gasteiger charge is -2.64. The minimum Gasteiger partial charge on any atom is -0.504 e. The zero-order valence-electron chi connectivity index (χ0n) is 20.2. The summed E-state index contributed by atoms with van der Waals surface area (Å²) in [6.45, 7) is 0. The SMILES string of the molecule is CN(C(=O)/C=C/c1ccoc1)[C@@H]1CC[C@@]2(O)[C@H]3Cc4ccc(O)c5c4[C@@]2(CCC3CC2CC2)[C@H]1O5. The van der Waals surface area contributed by atoms with Crippen LogP contribution in [0.2, 0.25) is 0 Å². The highest BCUT2D eigenvalue weighted by atomic mass is 16.5. The van der Waals surface area contributed by atoms with Crippen molar-refractivity contribution in [3.8, 4) is 11.5 Å². The number of nitrogens with zero attached hydrogens (tertiary/aromatic N) is 1. The molecule has 2 aromatic rings. The molecule has 3 fully saturated rings. The molecule has 184 valence electrons. The van der Waals surface area contributed by atoms with Crippen LogP contribution in [0.15, 0.2) is 41.2 Å². The molecule has 2 heterocycles. The van der Waals surface area contributed by atoms with E-state index < -0.39 is 11.0 Å². The summed E-state index contributed by atoms with van der Waals surface area (Å²) in [6, 6.07) is 5.41. The molecule has 1 aromatic heterocycles. The maximum Gasteiger partial charge on any atom is 0.246 e. The highest BCUT2D eigenvalue weighted by Crippen LogP contribution is 2.69. The summed E-state index contributed by atoms with van der Waals surface area (Å²) in [7, 11) is 1.83. The van der Waals surface area contributed by atoms with E-state index in [2.05, 4.69) is 0 Å². The number of carbonyl (C=O) groups is 1. The number of phenolic OH excluding ortho intramolecular Hbond substituents is 1. The predicted molar refractivity (Wildman–Crippen MR) is 130 cm³/mol. The van der Waals surface area contributed by atoms with Crippen molar-refractivity contribution in [3.63, 3.8) is 0 Å². The van der Waals surface area contributed by atoms with Crippen LogP contribution in [-0.4, -0.2) is 45.8 Å². The number of aliphatic hydroxyl groups is 1. The number of benzene rings is 1. The molecule has 1 unspecified atom stereocenters. The van der Waals surface area contributed by atoms with E-state index in [1.54, 1.807) is 35.6 Å². The van der Waals surface area contributed by atoms with E-state index in [1.807, 2.05) is 19.2 Å². The number of aromatic hydroxyl groups is 1. The van der Waals surface area contributed by atoms with Gasteiger partial charge in [0.2, 0.25) is 5.91 Å². The third kappa shape index (κ3) is 2.89. The van der Waals surface area contributed by atoms with Crippen molar-refractivity contribution < 1.29 is 24.2 Å². The van der Waals surface area contributed by atoms with Crippen molar-refractivity contribution in [2.45, 2.75) is 74.5 Å². The van der Waals surface area contributed by atoms with Gasteiger partial charge in [-0.1, -0.05) is 18.9 Å². The highest BCUT2D eigenvalue weighted by Gasteiger charge is 2.73. The number of likely N-dealkylation sites (N-methyl/N-ethyl adjacent to an activating group) is 1. The van der Waals surface area contributed by atoms with Crippen molar-refractivity contribution in [3.05, 3.63) is 53.5 Å². The molecule has 0 radical (unpaired) electrons. The van der Waals surface area contributed by atoms with Crippen LogP contribution in [0.25, 0.3) is 6.08 Å². The molecule has 5 aliphatic rings. The Morgan fingerprint density at radius 2 is 2.06 bits per heavy atom. The van der Waals surface area contributed by atoms with Gasteiger partial charge in [-0.3, -0.25) is 4.79 Å².